The Bertz CT molecular complexity index is 110. The molecule has 1 aliphatic rings. The van der Waals surface area contributed by atoms with Gasteiger partial charge < -0.3 is 4.74 Å². The Labute approximate surface area is 49.7 Å². The summed E-state index contributed by atoms with van der Waals surface area (Å²) in [5.41, 5.74) is 2.28. The van der Waals surface area contributed by atoms with Gasteiger partial charge in [-0.15, -0.1) is 0 Å². The minimum atomic E-state index is 0.721. The smallest absolute Gasteiger partial charge is 0.0681 e. The molecule has 0 aromatic rings. The van der Waals surface area contributed by atoms with Crippen molar-refractivity contribution in [1.82, 2.24) is 0 Å². The molecule has 0 unspecified atom stereocenters. The molecule has 0 bridgehead atoms. The minimum absolute atomic E-state index is 0.721. The highest BCUT2D eigenvalue weighted by atomic mass is 16.5. The summed E-state index contributed by atoms with van der Waals surface area (Å²) >= 11 is 0. The number of ether oxygens (including phenoxy) is 1. The van der Waals surface area contributed by atoms with Crippen LogP contribution >= 0.6 is 0 Å². The van der Waals surface area contributed by atoms with Crippen LogP contribution in [0.15, 0.2) is 24.3 Å². The quantitative estimate of drug-likeness (QED) is 0.429. The molecular weight excluding hydrogens is 100 g/mol. The molecule has 1 rings (SSSR count). The Hall–Kier alpha value is -0.560. The van der Waals surface area contributed by atoms with E-state index in [1.807, 2.05) is 0 Å². The van der Waals surface area contributed by atoms with Crippen LogP contribution in [0, 0.1) is 0 Å². The maximum atomic E-state index is 5.09. The molecule has 0 aromatic carbocycles. The van der Waals surface area contributed by atoms with Gasteiger partial charge >= 0.3 is 0 Å². The fourth-order valence-electron chi connectivity index (χ4n) is 0.795. The monoisotopic (exact) mass is 110 g/mol. The number of rotatable bonds is 0. The van der Waals surface area contributed by atoms with Crippen molar-refractivity contribution in [2.45, 2.75) is 6.42 Å². The highest BCUT2D eigenvalue weighted by Crippen LogP contribution is 2.13. The molecule has 1 heteroatoms. The first kappa shape index (κ1) is 5.57. The normalized spacial score (nSPS) is 21.5. The van der Waals surface area contributed by atoms with Crippen LogP contribution in [-0.2, 0) is 4.74 Å². The van der Waals surface area contributed by atoms with Gasteiger partial charge in [0.05, 0.1) is 13.2 Å². The van der Waals surface area contributed by atoms with E-state index in [2.05, 4.69) is 13.2 Å². The molecule has 1 nitrogen and oxygen atoms in total. The second-order valence-corrected chi connectivity index (χ2v) is 2.17. The summed E-state index contributed by atoms with van der Waals surface area (Å²) < 4.78 is 5.09. The predicted molar refractivity (Wildman–Crippen MR) is 33.7 cm³/mol. The Kier molecular flexibility index (Phi) is 1.49. The minimum Gasteiger partial charge on any atom is -0.373 e. The molecule has 0 aromatic heterocycles. The first-order valence-electron chi connectivity index (χ1n) is 2.70. The molecule has 1 heterocycles. The summed E-state index contributed by atoms with van der Waals surface area (Å²) in [6.45, 7) is 9.00. The molecule has 0 amide bonds. The lowest BCUT2D eigenvalue weighted by Gasteiger charge is -2.15. The predicted octanol–water partition coefficient (Wildman–Crippen LogP) is 1.52. The van der Waals surface area contributed by atoms with E-state index in [0.29, 0.717) is 0 Å². The van der Waals surface area contributed by atoms with E-state index < -0.39 is 0 Å². The fourth-order valence-corrected chi connectivity index (χ4v) is 0.795. The lowest BCUT2D eigenvalue weighted by Crippen LogP contribution is -2.09. The van der Waals surface area contributed by atoms with Crippen molar-refractivity contribution in [2.75, 3.05) is 13.2 Å². The molecule has 0 radical (unpaired) electrons. The van der Waals surface area contributed by atoms with Crippen molar-refractivity contribution in [1.29, 1.82) is 0 Å². The van der Waals surface area contributed by atoms with Gasteiger partial charge in [-0.05, 0) is 17.6 Å². The van der Waals surface area contributed by atoms with Gasteiger partial charge in [0.25, 0.3) is 0 Å². The molecule has 0 spiro atoms. The van der Waals surface area contributed by atoms with E-state index in [1.54, 1.807) is 0 Å². The first-order valence-corrected chi connectivity index (χ1v) is 2.70. The highest BCUT2D eigenvalue weighted by Gasteiger charge is 2.04. The standard InChI is InChI=1S/C7H10O/c1-6-3-7(2)5-8-4-6/h1-5H2. The van der Waals surface area contributed by atoms with Crippen molar-refractivity contribution in [3.05, 3.63) is 24.3 Å². The Morgan fingerprint density at radius 2 is 1.62 bits per heavy atom. The second kappa shape index (κ2) is 2.14. The summed E-state index contributed by atoms with van der Waals surface area (Å²) in [5.74, 6) is 0. The molecule has 1 aliphatic heterocycles. The molecule has 44 valence electrons. The maximum absolute atomic E-state index is 5.09. The van der Waals surface area contributed by atoms with Crippen LogP contribution in [0.4, 0.5) is 0 Å². The molecule has 0 saturated carbocycles. The fraction of sp³-hybridized carbons (Fsp3) is 0.429. The van der Waals surface area contributed by atoms with Gasteiger partial charge in [-0.25, -0.2) is 0 Å². The molecule has 1 fully saturated rings. The molecule has 0 atom stereocenters. The lowest BCUT2D eigenvalue weighted by molar-refractivity contribution is 0.162. The topological polar surface area (TPSA) is 9.23 Å². The van der Waals surface area contributed by atoms with Gasteiger partial charge in [0.15, 0.2) is 0 Å². The van der Waals surface area contributed by atoms with Gasteiger partial charge in [-0.3, -0.25) is 0 Å². The van der Waals surface area contributed by atoms with E-state index >= 15 is 0 Å². The zero-order valence-electron chi connectivity index (χ0n) is 4.94. The van der Waals surface area contributed by atoms with E-state index in [0.717, 1.165) is 30.8 Å². The average molecular weight is 110 g/mol. The van der Waals surface area contributed by atoms with Crippen molar-refractivity contribution in [3.8, 4) is 0 Å². The van der Waals surface area contributed by atoms with E-state index in [9.17, 15) is 0 Å². The van der Waals surface area contributed by atoms with Crippen molar-refractivity contribution < 1.29 is 4.74 Å². The lowest BCUT2D eigenvalue weighted by atomic mass is 10.1. The Balaban J connectivity index is 2.45. The molecule has 8 heavy (non-hydrogen) atoms. The highest BCUT2D eigenvalue weighted by molar-refractivity contribution is 5.13. The van der Waals surface area contributed by atoms with Crippen LogP contribution in [0.25, 0.3) is 0 Å². The number of hydrogen-bond donors (Lipinski definition) is 0. The molecule has 1 saturated heterocycles. The molecule has 0 aliphatic carbocycles. The van der Waals surface area contributed by atoms with Crippen molar-refractivity contribution in [3.63, 3.8) is 0 Å². The van der Waals surface area contributed by atoms with E-state index in [-0.39, 0.29) is 0 Å². The third-order valence-electron chi connectivity index (χ3n) is 1.11. The third kappa shape index (κ3) is 1.20. The zero-order chi connectivity index (χ0) is 5.98. The van der Waals surface area contributed by atoms with Crippen LogP contribution in [-0.4, -0.2) is 13.2 Å². The molecular formula is C7H10O. The van der Waals surface area contributed by atoms with Gasteiger partial charge in [0.1, 0.15) is 0 Å². The zero-order valence-corrected chi connectivity index (χ0v) is 4.94. The largest absolute Gasteiger partial charge is 0.373 e. The first-order chi connectivity index (χ1) is 3.79. The summed E-state index contributed by atoms with van der Waals surface area (Å²) in [6.07, 6.45) is 0.958. The van der Waals surface area contributed by atoms with Crippen LogP contribution in [0.1, 0.15) is 6.42 Å². The Morgan fingerprint density at radius 1 is 1.12 bits per heavy atom. The summed E-state index contributed by atoms with van der Waals surface area (Å²) in [4.78, 5) is 0. The summed E-state index contributed by atoms with van der Waals surface area (Å²) in [7, 11) is 0. The number of hydrogen-bond acceptors (Lipinski definition) is 1. The van der Waals surface area contributed by atoms with E-state index in [1.165, 1.54) is 0 Å². The average Bonchev–Trinajstić information content (AvgIpc) is 1.64. The summed E-state index contributed by atoms with van der Waals surface area (Å²) in [6, 6.07) is 0. The van der Waals surface area contributed by atoms with Gasteiger partial charge in [-0.2, -0.15) is 0 Å². The maximum Gasteiger partial charge on any atom is 0.0681 e. The second-order valence-electron chi connectivity index (χ2n) is 2.17. The third-order valence-corrected chi connectivity index (χ3v) is 1.11. The van der Waals surface area contributed by atoms with Crippen LogP contribution in [0.5, 0.6) is 0 Å². The summed E-state index contributed by atoms with van der Waals surface area (Å²) in [5, 5.41) is 0. The van der Waals surface area contributed by atoms with Gasteiger partial charge in [-0.1, -0.05) is 13.2 Å². The van der Waals surface area contributed by atoms with Gasteiger partial charge in [0.2, 0.25) is 0 Å². The van der Waals surface area contributed by atoms with Crippen LogP contribution in [0.2, 0.25) is 0 Å². The van der Waals surface area contributed by atoms with Gasteiger partial charge in [0, 0.05) is 0 Å². The Morgan fingerprint density at radius 3 is 1.88 bits per heavy atom. The van der Waals surface area contributed by atoms with Crippen LogP contribution < -0.4 is 0 Å². The van der Waals surface area contributed by atoms with Crippen molar-refractivity contribution >= 4 is 0 Å². The van der Waals surface area contributed by atoms with Crippen molar-refractivity contribution in [2.24, 2.45) is 0 Å². The van der Waals surface area contributed by atoms with E-state index in [4.69, 9.17) is 4.74 Å². The SMILES string of the molecule is C=C1COCC(=C)C1. The van der Waals surface area contributed by atoms with Crippen LogP contribution in [0.3, 0.4) is 0 Å². The molecule has 0 N–H and O–H groups in total.